The van der Waals surface area contributed by atoms with Crippen LogP contribution in [0.5, 0.6) is 5.88 Å². The quantitative estimate of drug-likeness (QED) is 0.779. The second kappa shape index (κ2) is 6.93. The number of halogens is 1. The Bertz CT molecular complexity index is 649. The van der Waals surface area contributed by atoms with Gasteiger partial charge >= 0.3 is 0 Å². The molecule has 0 saturated carbocycles. The van der Waals surface area contributed by atoms with Gasteiger partial charge in [0.05, 0.1) is 42.9 Å². The number of furan rings is 1. The number of methoxy groups -OCH3 is 1. The highest BCUT2D eigenvalue weighted by Crippen LogP contribution is 2.30. The van der Waals surface area contributed by atoms with Gasteiger partial charge in [-0.25, -0.2) is 4.98 Å². The molecule has 0 bridgehead atoms. The SMILES string of the molecule is COc1ccc(N=Cc2cc(Br)c(N3CCOCC3)o2)cn1. The van der Waals surface area contributed by atoms with Gasteiger partial charge in [-0.15, -0.1) is 0 Å². The minimum absolute atomic E-state index is 0.564. The highest BCUT2D eigenvalue weighted by molar-refractivity contribution is 9.10. The predicted octanol–water partition coefficient (Wildman–Crippen LogP) is 3.03. The fourth-order valence-electron chi connectivity index (χ4n) is 2.13. The summed E-state index contributed by atoms with van der Waals surface area (Å²) in [5.74, 6) is 2.07. The smallest absolute Gasteiger partial charge is 0.213 e. The largest absolute Gasteiger partial charge is 0.481 e. The Labute approximate surface area is 136 Å². The molecule has 1 fully saturated rings. The van der Waals surface area contributed by atoms with E-state index in [2.05, 4.69) is 30.8 Å². The van der Waals surface area contributed by atoms with E-state index in [0.29, 0.717) is 24.9 Å². The van der Waals surface area contributed by atoms with Crippen molar-refractivity contribution in [2.75, 3.05) is 38.3 Å². The first-order chi connectivity index (χ1) is 10.8. The van der Waals surface area contributed by atoms with Crippen molar-refractivity contribution in [3.8, 4) is 5.88 Å². The third kappa shape index (κ3) is 3.48. The van der Waals surface area contributed by atoms with Crippen molar-refractivity contribution in [3.05, 3.63) is 34.6 Å². The van der Waals surface area contributed by atoms with Gasteiger partial charge in [-0.3, -0.25) is 4.99 Å². The molecule has 6 nitrogen and oxygen atoms in total. The monoisotopic (exact) mass is 365 g/mol. The van der Waals surface area contributed by atoms with E-state index in [1.54, 1.807) is 25.6 Å². The van der Waals surface area contributed by atoms with E-state index < -0.39 is 0 Å². The molecule has 1 saturated heterocycles. The molecule has 0 unspecified atom stereocenters. The third-order valence-corrected chi connectivity index (χ3v) is 3.82. The van der Waals surface area contributed by atoms with Gasteiger partial charge in [0.15, 0.2) is 0 Å². The highest BCUT2D eigenvalue weighted by Gasteiger charge is 2.18. The maximum absolute atomic E-state index is 5.85. The normalized spacial score (nSPS) is 15.5. The number of rotatable bonds is 4. The summed E-state index contributed by atoms with van der Waals surface area (Å²) in [6.45, 7) is 3.08. The predicted molar refractivity (Wildman–Crippen MR) is 87.5 cm³/mol. The summed E-state index contributed by atoms with van der Waals surface area (Å²) in [6.07, 6.45) is 3.33. The van der Waals surface area contributed by atoms with Crippen molar-refractivity contribution in [2.45, 2.75) is 0 Å². The Kier molecular flexibility index (Phi) is 4.74. The van der Waals surface area contributed by atoms with Crippen LogP contribution in [0, 0.1) is 0 Å². The van der Waals surface area contributed by atoms with Crippen LogP contribution in [0.2, 0.25) is 0 Å². The van der Waals surface area contributed by atoms with Gasteiger partial charge < -0.3 is 18.8 Å². The topological polar surface area (TPSA) is 60.1 Å². The number of ether oxygens (including phenoxy) is 2. The van der Waals surface area contributed by atoms with Gasteiger partial charge in [0.2, 0.25) is 11.8 Å². The summed E-state index contributed by atoms with van der Waals surface area (Å²) >= 11 is 3.53. The standard InChI is InChI=1S/C15H16BrN3O3/c1-20-14-3-2-11(9-18-14)17-10-12-8-13(16)15(22-12)19-4-6-21-7-5-19/h2-3,8-10H,4-7H2,1H3. The zero-order valence-electron chi connectivity index (χ0n) is 12.2. The first kappa shape index (κ1) is 15.1. The van der Waals surface area contributed by atoms with Crippen LogP contribution in [-0.4, -0.2) is 44.6 Å². The lowest BCUT2D eigenvalue weighted by molar-refractivity contribution is 0.120. The molecule has 1 aliphatic heterocycles. The summed E-state index contributed by atoms with van der Waals surface area (Å²) in [7, 11) is 1.58. The zero-order valence-corrected chi connectivity index (χ0v) is 13.7. The molecule has 0 atom stereocenters. The van der Waals surface area contributed by atoms with Crippen molar-refractivity contribution in [2.24, 2.45) is 4.99 Å². The summed E-state index contributed by atoms with van der Waals surface area (Å²) in [5, 5.41) is 0. The lowest BCUT2D eigenvalue weighted by atomic mass is 10.4. The summed E-state index contributed by atoms with van der Waals surface area (Å²) < 4.78 is 17.1. The van der Waals surface area contributed by atoms with Crippen LogP contribution in [0.15, 0.2) is 38.3 Å². The van der Waals surface area contributed by atoms with Gasteiger partial charge in [-0.05, 0) is 22.0 Å². The number of nitrogens with zero attached hydrogens (tertiary/aromatic N) is 3. The van der Waals surface area contributed by atoms with Gasteiger partial charge in [0.25, 0.3) is 0 Å². The molecule has 2 aromatic rings. The van der Waals surface area contributed by atoms with Crippen molar-refractivity contribution in [3.63, 3.8) is 0 Å². The number of aliphatic imine (C=N–C) groups is 1. The van der Waals surface area contributed by atoms with E-state index in [1.165, 1.54) is 0 Å². The fraction of sp³-hybridized carbons (Fsp3) is 0.333. The number of anilines is 1. The number of morpholine rings is 1. The lowest BCUT2D eigenvalue weighted by Gasteiger charge is -2.26. The summed E-state index contributed by atoms with van der Waals surface area (Å²) in [4.78, 5) is 10.6. The average Bonchev–Trinajstić information content (AvgIpc) is 2.95. The molecule has 0 radical (unpaired) electrons. The maximum Gasteiger partial charge on any atom is 0.213 e. The Hall–Kier alpha value is -1.86. The minimum atomic E-state index is 0.564. The third-order valence-electron chi connectivity index (χ3n) is 3.26. The number of hydrogen-bond donors (Lipinski definition) is 0. The van der Waals surface area contributed by atoms with E-state index in [1.807, 2.05) is 12.1 Å². The molecule has 116 valence electrons. The maximum atomic E-state index is 5.85. The van der Waals surface area contributed by atoms with Gasteiger partial charge in [0, 0.05) is 25.2 Å². The number of pyridine rings is 1. The summed E-state index contributed by atoms with van der Waals surface area (Å²) in [5.41, 5.74) is 0.737. The van der Waals surface area contributed by atoms with Crippen molar-refractivity contribution < 1.29 is 13.9 Å². The highest BCUT2D eigenvalue weighted by atomic mass is 79.9. The van der Waals surface area contributed by atoms with Crippen LogP contribution in [-0.2, 0) is 4.74 Å². The molecular weight excluding hydrogens is 350 g/mol. The van der Waals surface area contributed by atoms with E-state index in [4.69, 9.17) is 13.9 Å². The van der Waals surface area contributed by atoms with Gasteiger partial charge in [-0.2, -0.15) is 0 Å². The van der Waals surface area contributed by atoms with Crippen LogP contribution in [0.3, 0.4) is 0 Å². The van der Waals surface area contributed by atoms with Crippen LogP contribution < -0.4 is 9.64 Å². The molecule has 0 aliphatic carbocycles. The number of aromatic nitrogens is 1. The van der Waals surface area contributed by atoms with E-state index in [-0.39, 0.29) is 0 Å². The Morgan fingerprint density at radius 1 is 1.36 bits per heavy atom. The van der Waals surface area contributed by atoms with Crippen LogP contribution >= 0.6 is 15.9 Å². The van der Waals surface area contributed by atoms with Crippen molar-refractivity contribution >= 4 is 33.7 Å². The van der Waals surface area contributed by atoms with Crippen LogP contribution in [0.25, 0.3) is 0 Å². The molecule has 7 heteroatoms. The van der Waals surface area contributed by atoms with Crippen molar-refractivity contribution in [1.82, 2.24) is 4.98 Å². The van der Waals surface area contributed by atoms with Gasteiger partial charge in [0.1, 0.15) is 5.76 Å². The first-order valence-corrected chi connectivity index (χ1v) is 7.72. The molecule has 3 rings (SSSR count). The van der Waals surface area contributed by atoms with Crippen LogP contribution in [0.4, 0.5) is 11.6 Å². The van der Waals surface area contributed by atoms with E-state index in [9.17, 15) is 0 Å². The molecule has 2 aromatic heterocycles. The molecule has 0 amide bonds. The fourth-order valence-corrected chi connectivity index (χ4v) is 2.69. The molecule has 0 aromatic carbocycles. The molecule has 0 spiro atoms. The molecular formula is C15H16BrN3O3. The van der Waals surface area contributed by atoms with Crippen molar-refractivity contribution in [1.29, 1.82) is 0 Å². The Morgan fingerprint density at radius 2 is 2.18 bits per heavy atom. The molecule has 22 heavy (non-hydrogen) atoms. The second-order valence-electron chi connectivity index (χ2n) is 4.72. The first-order valence-electron chi connectivity index (χ1n) is 6.92. The second-order valence-corrected chi connectivity index (χ2v) is 5.57. The minimum Gasteiger partial charge on any atom is -0.481 e. The Morgan fingerprint density at radius 3 is 2.86 bits per heavy atom. The van der Waals surface area contributed by atoms with Gasteiger partial charge in [-0.1, -0.05) is 0 Å². The summed E-state index contributed by atoms with van der Waals surface area (Å²) in [6, 6.07) is 5.51. The Balaban J connectivity index is 1.73. The number of hydrogen-bond acceptors (Lipinski definition) is 6. The average molecular weight is 366 g/mol. The molecule has 0 N–H and O–H groups in total. The zero-order chi connectivity index (χ0) is 15.4. The van der Waals surface area contributed by atoms with E-state index >= 15 is 0 Å². The van der Waals surface area contributed by atoms with Crippen LogP contribution in [0.1, 0.15) is 5.76 Å². The molecule has 3 heterocycles. The van der Waals surface area contributed by atoms with E-state index in [0.717, 1.165) is 29.1 Å². The lowest BCUT2D eigenvalue weighted by Crippen LogP contribution is -2.36. The molecule has 1 aliphatic rings.